The lowest BCUT2D eigenvalue weighted by atomic mass is 10.1. The summed E-state index contributed by atoms with van der Waals surface area (Å²) in [5.41, 5.74) is -0.178. The van der Waals surface area contributed by atoms with Crippen LogP contribution < -0.4 is 0 Å². The molecule has 0 N–H and O–H groups in total. The molecule has 0 unspecified atom stereocenters. The van der Waals surface area contributed by atoms with Gasteiger partial charge in [-0.3, -0.25) is 3.93 Å². The van der Waals surface area contributed by atoms with E-state index in [0.717, 1.165) is 16.6 Å². The Balaban J connectivity index is 3.02. The Labute approximate surface area is 92.2 Å². The zero-order valence-electron chi connectivity index (χ0n) is 7.30. The Hall–Kier alpha value is 0.260. The third-order valence-electron chi connectivity index (χ3n) is 1.97. The van der Waals surface area contributed by atoms with Crippen molar-refractivity contribution in [2.75, 3.05) is 6.54 Å². The maximum atomic E-state index is 5.30. The summed E-state index contributed by atoms with van der Waals surface area (Å²) >= 11 is 13.9. The fourth-order valence-corrected chi connectivity index (χ4v) is 2.42. The molecule has 1 rings (SSSR count). The molecule has 0 aromatic rings. The summed E-state index contributed by atoms with van der Waals surface area (Å²) in [6, 6.07) is 0. The van der Waals surface area contributed by atoms with E-state index < -0.39 is 0 Å². The van der Waals surface area contributed by atoms with Crippen molar-refractivity contribution in [3.8, 4) is 0 Å². The van der Waals surface area contributed by atoms with Gasteiger partial charge in [0, 0.05) is 6.54 Å². The van der Waals surface area contributed by atoms with Crippen LogP contribution in [0.2, 0.25) is 0 Å². The van der Waals surface area contributed by atoms with Gasteiger partial charge in [-0.2, -0.15) is 0 Å². The van der Waals surface area contributed by atoms with E-state index in [1.807, 2.05) is 29.6 Å². The summed E-state index contributed by atoms with van der Waals surface area (Å²) in [6.45, 7) is 6.97. The normalized spacial score (nSPS) is 22.3. The zero-order chi connectivity index (χ0) is 9.52. The molecule has 0 aromatic heterocycles. The Morgan fingerprint density at radius 1 is 1.42 bits per heavy atom. The minimum absolute atomic E-state index is 0.178. The van der Waals surface area contributed by atoms with E-state index in [2.05, 4.69) is 16.1 Å². The second-order valence-corrected chi connectivity index (χ2v) is 4.63. The Morgan fingerprint density at radius 3 is 2.08 bits per heavy atom. The van der Waals surface area contributed by atoms with Gasteiger partial charge in [-0.15, -0.1) is 0 Å². The van der Waals surface area contributed by atoms with Gasteiger partial charge >= 0.3 is 0 Å². The SMILES string of the molecule is CCN1C(=S)N(Br)C(C)(C)C1=S. The number of rotatable bonds is 1. The van der Waals surface area contributed by atoms with Crippen molar-refractivity contribution >= 4 is 50.7 Å². The average Bonchev–Trinajstić information content (AvgIpc) is 2.15. The van der Waals surface area contributed by atoms with Crippen molar-refractivity contribution in [1.82, 2.24) is 8.83 Å². The van der Waals surface area contributed by atoms with Crippen molar-refractivity contribution in [2.24, 2.45) is 0 Å². The molecule has 0 radical (unpaired) electrons. The van der Waals surface area contributed by atoms with Crippen molar-refractivity contribution in [1.29, 1.82) is 0 Å². The largest absolute Gasteiger partial charge is 0.311 e. The predicted octanol–water partition coefficient (Wildman–Crippen LogP) is 2.32. The molecule has 1 saturated heterocycles. The number of hydrogen-bond acceptors (Lipinski definition) is 2. The van der Waals surface area contributed by atoms with E-state index in [4.69, 9.17) is 24.4 Å². The van der Waals surface area contributed by atoms with Gasteiger partial charge in [0.25, 0.3) is 0 Å². The van der Waals surface area contributed by atoms with Crippen LogP contribution in [-0.2, 0) is 0 Å². The van der Waals surface area contributed by atoms with Crippen molar-refractivity contribution in [2.45, 2.75) is 26.3 Å². The molecule has 0 aromatic carbocycles. The molecule has 5 heteroatoms. The molecule has 0 saturated carbocycles. The summed E-state index contributed by atoms with van der Waals surface area (Å²) < 4.78 is 1.86. The minimum Gasteiger partial charge on any atom is -0.311 e. The fourth-order valence-electron chi connectivity index (χ4n) is 1.13. The molecule has 1 aliphatic rings. The molecule has 0 amide bonds. The Bertz CT molecular complexity index is 240. The van der Waals surface area contributed by atoms with E-state index >= 15 is 0 Å². The summed E-state index contributed by atoms with van der Waals surface area (Å²) in [4.78, 5) is 2.84. The molecule has 12 heavy (non-hydrogen) atoms. The Morgan fingerprint density at radius 2 is 1.92 bits per heavy atom. The summed E-state index contributed by atoms with van der Waals surface area (Å²) in [7, 11) is 0. The van der Waals surface area contributed by atoms with E-state index in [0.29, 0.717) is 0 Å². The molecule has 0 bridgehead atoms. The lowest BCUT2D eigenvalue weighted by molar-refractivity contribution is 0.502. The van der Waals surface area contributed by atoms with E-state index in [1.165, 1.54) is 0 Å². The van der Waals surface area contributed by atoms with Crippen LogP contribution in [0.15, 0.2) is 0 Å². The topological polar surface area (TPSA) is 6.48 Å². The summed E-state index contributed by atoms with van der Waals surface area (Å²) in [5, 5.41) is 0.757. The number of thiocarbonyl (C=S) groups is 2. The van der Waals surface area contributed by atoms with Crippen LogP contribution in [-0.4, -0.2) is 31.0 Å². The first-order valence-corrected chi connectivity index (χ1v) is 5.27. The molecule has 0 aliphatic carbocycles. The van der Waals surface area contributed by atoms with Gasteiger partial charge in [0.05, 0.1) is 21.7 Å². The molecular weight excluding hydrogens is 256 g/mol. The van der Waals surface area contributed by atoms with Gasteiger partial charge < -0.3 is 4.90 Å². The lowest BCUT2D eigenvalue weighted by Crippen LogP contribution is -2.37. The van der Waals surface area contributed by atoms with Gasteiger partial charge in [-0.25, -0.2) is 0 Å². The maximum Gasteiger partial charge on any atom is 0.187 e. The standard InChI is InChI=1S/C7H11BrN2S2/c1-4-9-5(11)7(2,3)10(8)6(9)12/h4H2,1-3H3. The second-order valence-electron chi connectivity index (χ2n) is 3.17. The van der Waals surface area contributed by atoms with E-state index in [-0.39, 0.29) is 5.54 Å². The third-order valence-corrected chi connectivity index (χ3v) is 4.55. The highest BCUT2D eigenvalue weighted by Crippen LogP contribution is 2.31. The molecule has 1 aliphatic heterocycles. The van der Waals surface area contributed by atoms with Gasteiger partial charge in [0.2, 0.25) is 0 Å². The summed E-state index contributed by atoms with van der Waals surface area (Å²) in [6.07, 6.45) is 0. The molecule has 0 atom stereocenters. The van der Waals surface area contributed by atoms with Crippen molar-refractivity contribution in [3.05, 3.63) is 0 Å². The van der Waals surface area contributed by atoms with Crippen LogP contribution in [0.5, 0.6) is 0 Å². The number of nitrogens with zero attached hydrogens (tertiary/aromatic N) is 2. The van der Waals surface area contributed by atoms with Crippen molar-refractivity contribution < 1.29 is 0 Å². The zero-order valence-corrected chi connectivity index (χ0v) is 10.5. The highest BCUT2D eigenvalue weighted by Gasteiger charge is 2.43. The van der Waals surface area contributed by atoms with Crippen LogP contribution in [0, 0.1) is 0 Å². The smallest absolute Gasteiger partial charge is 0.187 e. The van der Waals surface area contributed by atoms with Crippen LogP contribution in [0.3, 0.4) is 0 Å². The first-order chi connectivity index (χ1) is 5.42. The molecule has 2 nitrogen and oxygen atoms in total. The molecular formula is C7H11BrN2S2. The van der Waals surface area contributed by atoms with Gasteiger partial charge in [-0.05, 0) is 33.0 Å². The maximum absolute atomic E-state index is 5.30. The van der Waals surface area contributed by atoms with Crippen molar-refractivity contribution in [3.63, 3.8) is 0 Å². The van der Waals surface area contributed by atoms with Crippen LogP contribution in [0.4, 0.5) is 0 Å². The fraction of sp³-hybridized carbons (Fsp3) is 0.714. The van der Waals surface area contributed by atoms with Gasteiger partial charge in [0.1, 0.15) is 4.99 Å². The molecule has 0 spiro atoms. The number of likely N-dealkylation sites (N-methyl/N-ethyl adjacent to an activating group) is 1. The van der Waals surface area contributed by atoms with E-state index in [9.17, 15) is 0 Å². The highest BCUT2D eigenvalue weighted by atomic mass is 79.9. The summed E-state index contributed by atoms with van der Waals surface area (Å²) in [5.74, 6) is 0. The predicted molar refractivity (Wildman–Crippen MR) is 62.4 cm³/mol. The van der Waals surface area contributed by atoms with Crippen LogP contribution in [0.1, 0.15) is 20.8 Å². The molecule has 68 valence electrons. The minimum atomic E-state index is -0.178. The van der Waals surface area contributed by atoms with Gasteiger partial charge in [-0.1, -0.05) is 12.2 Å². The molecule has 1 heterocycles. The number of halogens is 1. The van der Waals surface area contributed by atoms with Gasteiger partial charge in [0.15, 0.2) is 5.11 Å². The monoisotopic (exact) mass is 266 g/mol. The van der Waals surface area contributed by atoms with E-state index in [1.54, 1.807) is 0 Å². The number of hydrogen-bond donors (Lipinski definition) is 0. The van der Waals surface area contributed by atoms with Crippen LogP contribution >= 0.6 is 40.6 Å². The third kappa shape index (κ3) is 1.28. The average molecular weight is 267 g/mol. The second kappa shape index (κ2) is 3.20. The quantitative estimate of drug-likeness (QED) is 0.531. The first kappa shape index (κ1) is 10.3. The first-order valence-electron chi connectivity index (χ1n) is 3.75. The molecule has 1 fully saturated rings. The van der Waals surface area contributed by atoms with Crippen LogP contribution in [0.25, 0.3) is 0 Å². The Kier molecular flexibility index (Phi) is 2.75. The lowest BCUT2D eigenvalue weighted by Gasteiger charge is -2.23. The highest BCUT2D eigenvalue weighted by molar-refractivity contribution is 9.07.